The minimum atomic E-state index is -1.20. The van der Waals surface area contributed by atoms with Crippen LogP contribution in [0.1, 0.15) is 11.1 Å². The van der Waals surface area contributed by atoms with Crippen LogP contribution in [0.3, 0.4) is 0 Å². The fraction of sp³-hybridized carbons (Fsp3) is 0.176. The number of carboxylic acid groups (broad SMARTS) is 1. The van der Waals surface area contributed by atoms with Gasteiger partial charge in [-0.3, -0.25) is 5.41 Å². The molecule has 1 aromatic heterocycles. The summed E-state index contributed by atoms with van der Waals surface area (Å²) in [6.07, 6.45) is 0. The molecule has 22 heavy (non-hydrogen) atoms. The Morgan fingerprint density at radius 2 is 1.64 bits per heavy atom. The van der Waals surface area contributed by atoms with Gasteiger partial charge in [0.15, 0.2) is 0 Å². The van der Waals surface area contributed by atoms with Gasteiger partial charge in [-0.2, -0.15) is 0 Å². The summed E-state index contributed by atoms with van der Waals surface area (Å²) in [4.78, 5) is 10.9. The maximum atomic E-state index is 10.9. The molecule has 0 amide bonds. The molecular weight excluding hydrogens is 278 g/mol. The van der Waals surface area contributed by atoms with Gasteiger partial charge in [0.05, 0.1) is 30.1 Å². The van der Waals surface area contributed by atoms with Crippen LogP contribution in [0.2, 0.25) is 0 Å². The van der Waals surface area contributed by atoms with Crippen LogP contribution in [-0.2, 0) is 17.9 Å². The molecule has 3 aromatic rings. The summed E-state index contributed by atoms with van der Waals surface area (Å²) in [5.41, 5.74) is 3.98. The molecular formula is C17H16N3O2-. The van der Waals surface area contributed by atoms with Gasteiger partial charge < -0.3 is 19.0 Å². The van der Waals surface area contributed by atoms with Crippen molar-refractivity contribution < 1.29 is 9.90 Å². The second-order valence-electron chi connectivity index (χ2n) is 5.34. The summed E-state index contributed by atoms with van der Waals surface area (Å²) < 4.78 is 3.27. The number of fused-ring (bicyclic) bond motifs is 1. The van der Waals surface area contributed by atoms with Gasteiger partial charge in [0.25, 0.3) is 0 Å². The monoisotopic (exact) mass is 294 g/mol. The predicted octanol–water partition coefficient (Wildman–Crippen LogP) is 1.03. The van der Waals surface area contributed by atoms with Crippen molar-refractivity contribution in [3.63, 3.8) is 0 Å². The number of aliphatic carboxylic acids is 1. The van der Waals surface area contributed by atoms with Gasteiger partial charge in [-0.15, -0.1) is 0 Å². The lowest BCUT2D eigenvalue weighted by Crippen LogP contribution is -2.33. The number of nitrogens with one attached hydrogen (secondary N) is 1. The van der Waals surface area contributed by atoms with E-state index in [0.717, 1.165) is 16.6 Å². The molecule has 0 aliphatic heterocycles. The smallest absolute Gasteiger partial charge is 0.203 e. The maximum absolute atomic E-state index is 10.9. The molecule has 0 unspecified atom stereocenters. The first-order valence-electron chi connectivity index (χ1n) is 7.04. The summed E-state index contributed by atoms with van der Waals surface area (Å²) in [7, 11) is 0. The molecule has 0 saturated heterocycles. The Hall–Kier alpha value is -2.82. The number of hydrogen-bond donors (Lipinski definition) is 1. The highest BCUT2D eigenvalue weighted by Crippen LogP contribution is 2.14. The van der Waals surface area contributed by atoms with E-state index in [4.69, 9.17) is 5.41 Å². The van der Waals surface area contributed by atoms with Crippen LogP contribution in [-0.4, -0.2) is 15.1 Å². The van der Waals surface area contributed by atoms with E-state index in [-0.39, 0.29) is 12.2 Å². The standard InChI is InChI=1S/C17H17N3O2/c1-12-6-8-13(9-7-12)10-19-14-4-2-3-5-15(14)20(17(19)18)11-16(21)22/h2-9,18H,10-11H2,1H3,(H,21,22)/p-1. The summed E-state index contributed by atoms with van der Waals surface area (Å²) in [5, 5.41) is 19.2. The Bertz CT molecular complexity index is 888. The molecule has 112 valence electrons. The number of carbonyl (C=O) groups excluding carboxylic acids is 1. The highest BCUT2D eigenvalue weighted by atomic mass is 16.4. The summed E-state index contributed by atoms with van der Waals surface area (Å²) in [5.74, 6) is -1.20. The van der Waals surface area contributed by atoms with Gasteiger partial charge in [-0.1, -0.05) is 42.0 Å². The first-order chi connectivity index (χ1) is 10.6. The molecule has 1 heterocycles. The van der Waals surface area contributed by atoms with Crippen molar-refractivity contribution in [2.45, 2.75) is 20.0 Å². The quantitative estimate of drug-likeness (QED) is 0.780. The Kier molecular flexibility index (Phi) is 3.55. The molecule has 0 radical (unpaired) electrons. The minimum absolute atomic E-state index is 0.158. The van der Waals surface area contributed by atoms with Gasteiger partial charge in [0.2, 0.25) is 5.62 Å². The third kappa shape index (κ3) is 2.53. The molecule has 0 bridgehead atoms. The van der Waals surface area contributed by atoms with Crippen molar-refractivity contribution in [3.05, 3.63) is 65.3 Å². The number of aromatic nitrogens is 2. The average molecular weight is 294 g/mol. The second kappa shape index (κ2) is 5.52. The summed E-state index contributed by atoms with van der Waals surface area (Å²) >= 11 is 0. The van der Waals surface area contributed by atoms with Crippen LogP contribution < -0.4 is 10.7 Å². The summed E-state index contributed by atoms with van der Waals surface area (Å²) in [6.45, 7) is 2.23. The molecule has 0 fully saturated rings. The number of carbonyl (C=O) groups is 1. The largest absolute Gasteiger partial charge is 0.548 e. The molecule has 0 atom stereocenters. The molecule has 5 nitrogen and oxygen atoms in total. The molecule has 0 spiro atoms. The Morgan fingerprint density at radius 1 is 1.05 bits per heavy atom. The van der Waals surface area contributed by atoms with E-state index >= 15 is 0 Å². The number of hydrogen-bond acceptors (Lipinski definition) is 3. The molecule has 0 saturated carbocycles. The summed E-state index contributed by atoms with van der Waals surface area (Å²) in [6, 6.07) is 15.5. The molecule has 2 aromatic carbocycles. The Labute approximate surface area is 127 Å². The SMILES string of the molecule is Cc1ccc(Cn2c(=N)n(CC(=O)[O-])c3ccccc32)cc1. The van der Waals surface area contributed by atoms with Crippen molar-refractivity contribution in [1.29, 1.82) is 5.41 Å². The average Bonchev–Trinajstić information content (AvgIpc) is 2.75. The predicted molar refractivity (Wildman–Crippen MR) is 81.1 cm³/mol. The van der Waals surface area contributed by atoms with Crippen LogP contribution in [0, 0.1) is 12.3 Å². The first kappa shape index (κ1) is 14.1. The molecule has 3 rings (SSSR count). The number of nitrogens with zero attached hydrogens (tertiary/aromatic N) is 2. The minimum Gasteiger partial charge on any atom is -0.548 e. The van der Waals surface area contributed by atoms with Crippen LogP contribution >= 0.6 is 0 Å². The third-order valence-corrected chi connectivity index (χ3v) is 3.72. The molecule has 0 aliphatic carbocycles. The lowest BCUT2D eigenvalue weighted by atomic mass is 10.1. The van der Waals surface area contributed by atoms with Crippen molar-refractivity contribution >= 4 is 17.0 Å². The van der Waals surface area contributed by atoms with Crippen LogP contribution in [0.5, 0.6) is 0 Å². The van der Waals surface area contributed by atoms with Crippen molar-refractivity contribution in [2.24, 2.45) is 0 Å². The van der Waals surface area contributed by atoms with Crippen LogP contribution in [0.15, 0.2) is 48.5 Å². The zero-order valence-corrected chi connectivity index (χ0v) is 12.2. The maximum Gasteiger partial charge on any atom is 0.203 e. The van der Waals surface area contributed by atoms with Crippen LogP contribution in [0.4, 0.5) is 0 Å². The number of rotatable bonds is 4. The van der Waals surface area contributed by atoms with Gasteiger partial charge in [-0.05, 0) is 24.6 Å². The Morgan fingerprint density at radius 3 is 2.23 bits per heavy atom. The second-order valence-corrected chi connectivity index (χ2v) is 5.34. The highest BCUT2D eigenvalue weighted by molar-refractivity contribution is 5.77. The van der Waals surface area contributed by atoms with E-state index in [1.54, 1.807) is 0 Å². The Balaban J connectivity index is 2.13. The normalized spacial score (nSPS) is 11.0. The zero-order valence-electron chi connectivity index (χ0n) is 12.2. The zero-order chi connectivity index (χ0) is 15.7. The van der Waals surface area contributed by atoms with Gasteiger partial charge in [-0.25, -0.2) is 0 Å². The number of para-hydroxylation sites is 2. The highest BCUT2D eigenvalue weighted by Gasteiger charge is 2.10. The molecule has 5 heteroatoms. The number of imidazole rings is 1. The topological polar surface area (TPSA) is 73.8 Å². The van der Waals surface area contributed by atoms with Gasteiger partial charge >= 0.3 is 0 Å². The fourth-order valence-corrected chi connectivity index (χ4v) is 2.62. The van der Waals surface area contributed by atoms with Crippen molar-refractivity contribution in [1.82, 2.24) is 9.13 Å². The van der Waals surface area contributed by atoms with Gasteiger partial charge in [0, 0.05) is 0 Å². The van der Waals surface area contributed by atoms with Crippen molar-refractivity contribution in [2.75, 3.05) is 0 Å². The van der Waals surface area contributed by atoms with E-state index in [1.165, 1.54) is 10.1 Å². The fourth-order valence-electron chi connectivity index (χ4n) is 2.62. The third-order valence-electron chi connectivity index (χ3n) is 3.72. The molecule has 1 N–H and O–H groups in total. The van der Waals surface area contributed by atoms with E-state index < -0.39 is 5.97 Å². The first-order valence-corrected chi connectivity index (χ1v) is 7.04. The number of carboxylic acids is 1. The van der Waals surface area contributed by atoms with Crippen LogP contribution in [0.25, 0.3) is 11.0 Å². The number of aryl methyl sites for hydroxylation is 1. The molecule has 0 aliphatic rings. The van der Waals surface area contributed by atoms with Crippen molar-refractivity contribution in [3.8, 4) is 0 Å². The van der Waals surface area contributed by atoms with Gasteiger partial charge in [0.1, 0.15) is 0 Å². The number of benzene rings is 2. The van der Waals surface area contributed by atoms with E-state index in [0.29, 0.717) is 6.54 Å². The van der Waals surface area contributed by atoms with E-state index in [9.17, 15) is 9.90 Å². The van der Waals surface area contributed by atoms with E-state index in [1.807, 2.05) is 60.0 Å². The van der Waals surface area contributed by atoms with E-state index in [2.05, 4.69) is 0 Å². The lowest BCUT2D eigenvalue weighted by molar-refractivity contribution is -0.306. The lowest BCUT2D eigenvalue weighted by Gasteiger charge is -2.06.